The second-order valence-electron chi connectivity index (χ2n) is 11.5. The molecule has 222 valence electrons. The standard InChI is InChI=1S/C41H22N6O/c42-23-27-22-34(47-32-17-9-7-15-29(32)37-33(47)19-20-36-38(37)30-16-8-10-18-35(30)48-36)28(24-43)21-31(27)41-45-39(25-11-3-1-4-12-25)44-40(46-41)26-13-5-2-6-14-26/h1-22H. The van der Waals surface area contributed by atoms with Crippen molar-refractivity contribution in [3.05, 3.63) is 145 Å². The van der Waals surface area contributed by atoms with Gasteiger partial charge in [-0.15, -0.1) is 0 Å². The van der Waals surface area contributed by atoms with Gasteiger partial charge in [0.1, 0.15) is 17.2 Å². The molecule has 0 saturated heterocycles. The number of hydrogen-bond acceptors (Lipinski definition) is 6. The second kappa shape index (κ2) is 10.8. The van der Waals surface area contributed by atoms with Gasteiger partial charge in [-0.05, 0) is 36.4 Å². The van der Waals surface area contributed by atoms with E-state index in [1.54, 1.807) is 12.1 Å². The number of nitriles is 2. The van der Waals surface area contributed by atoms with Crippen LogP contribution in [0.15, 0.2) is 138 Å². The summed E-state index contributed by atoms with van der Waals surface area (Å²) in [6.07, 6.45) is 0. The molecule has 7 heteroatoms. The van der Waals surface area contributed by atoms with E-state index in [1.807, 2.05) is 109 Å². The normalized spacial score (nSPS) is 11.3. The minimum Gasteiger partial charge on any atom is -0.456 e. The number of furan rings is 1. The third-order valence-electron chi connectivity index (χ3n) is 8.73. The van der Waals surface area contributed by atoms with Gasteiger partial charge in [0.15, 0.2) is 17.5 Å². The summed E-state index contributed by atoms with van der Waals surface area (Å²) >= 11 is 0. The van der Waals surface area contributed by atoms with Gasteiger partial charge in [-0.3, -0.25) is 0 Å². The monoisotopic (exact) mass is 614 g/mol. The Morgan fingerprint density at radius 3 is 1.79 bits per heavy atom. The lowest BCUT2D eigenvalue weighted by molar-refractivity contribution is 0.669. The summed E-state index contributed by atoms with van der Waals surface area (Å²) in [7, 11) is 0. The third-order valence-corrected chi connectivity index (χ3v) is 8.73. The van der Waals surface area contributed by atoms with Crippen molar-refractivity contribution in [3.8, 4) is 52.0 Å². The molecular weight excluding hydrogens is 592 g/mol. The summed E-state index contributed by atoms with van der Waals surface area (Å²) in [4.78, 5) is 14.4. The molecule has 0 unspecified atom stereocenters. The van der Waals surface area contributed by atoms with Crippen molar-refractivity contribution in [3.63, 3.8) is 0 Å². The van der Waals surface area contributed by atoms with Crippen LogP contribution in [-0.4, -0.2) is 19.5 Å². The highest BCUT2D eigenvalue weighted by Gasteiger charge is 2.23. The lowest BCUT2D eigenvalue weighted by atomic mass is 10.0. The fourth-order valence-electron chi connectivity index (χ4n) is 6.60. The Morgan fingerprint density at radius 2 is 1.10 bits per heavy atom. The molecule has 0 spiro atoms. The van der Waals surface area contributed by atoms with Crippen molar-refractivity contribution in [1.82, 2.24) is 19.5 Å². The van der Waals surface area contributed by atoms with E-state index in [0.717, 1.165) is 54.9 Å². The highest BCUT2D eigenvalue weighted by atomic mass is 16.3. The smallest absolute Gasteiger partial charge is 0.165 e. The van der Waals surface area contributed by atoms with Crippen molar-refractivity contribution in [2.45, 2.75) is 0 Å². The quantitative estimate of drug-likeness (QED) is 0.195. The van der Waals surface area contributed by atoms with Crippen LogP contribution in [0.4, 0.5) is 0 Å². The van der Waals surface area contributed by atoms with E-state index in [9.17, 15) is 10.5 Å². The SMILES string of the molecule is N#Cc1cc(-n2c3ccccc3c3c4c(ccc32)oc2ccccc24)c(C#N)cc1-c1nc(-c2ccccc2)nc(-c2ccccc2)n1. The fourth-order valence-corrected chi connectivity index (χ4v) is 6.60. The number of nitrogens with zero attached hydrogens (tertiary/aromatic N) is 6. The summed E-state index contributed by atoms with van der Waals surface area (Å²) in [5, 5.41) is 25.3. The molecule has 0 amide bonds. The van der Waals surface area contributed by atoms with Gasteiger partial charge >= 0.3 is 0 Å². The Bertz CT molecular complexity index is 2740. The lowest BCUT2D eigenvalue weighted by Crippen LogP contribution is -2.04. The van der Waals surface area contributed by atoms with Crippen molar-refractivity contribution in [2.24, 2.45) is 0 Å². The summed E-state index contributed by atoms with van der Waals surface area (Å²) in [5.74, 6) is 1.27. The highest BCUT2D eigenvalue weighted by molar-refractivity contribution is 6.27. The van der Waals surface area contributed by atoms with Crippen molar-refractivity contribution >= 4 is 43.7 Å². The predicted octanol–water partition coefficient (Wildman–Crippen LogP) is 9.61. The zero-order valence-electron chi connectivity index (χ0n) is 25.3. The predicted molar refractivity (Wildman–Crippen MR) is 187 cm³/mol. The molecule has 0 bridgehead atoms. The van der Waals surface area contributed by atoms with E-state index in [4.69, 9.17) is 19.4 Å². The van der Waals surface area contributed by atoms with Crippen LogP contribution >= 0.6 is 0 Å². The van der Waals surface area contributed by atoms with E-state index in [0.29, 0.717) is 39.9 Å². The van der Waals surface area contributed by atoms with Crippen LogP contribution in [0.25, 0.3) is 83.6 Å². The number of aromatic nitrogens is 4. The molecule has 0 atom stereocenters. The Labute approximate surface area is 274 Å². The first-order valence-corrected chi connectivity index (χ1v) is 15.4. The topological polar surface area (TPSA) is 104 Å². The summed E-state index contributed by atoms with van der Waals surface area (Å²) in [5.41, 5.74) is 6.83. The molecule has 0 radical (unpaired) electrons. The molecule has 9 aromatic rings. The molecular formula is C41H22N6O. The summed E-state index contributed by atoms with van der Waals surface area (Å²) in [6, 6.07) is 47.7. The van der Waals surface area contributed by atoms with E-state index >= 15 is 0 Å². The fraction of sp³-hybridized carbons (Fsp3) is 0. The van der Waals surface area contributed by atoms with Gasteiger partial charge in [0.2, 0.25) is 0 Å². The molecule has 0 aliphatic heterocycles. The molecule has 0 aliphatic carbocycles. The molecule has 7 nitrogen and oxygen atoms in total. The Kier molecular flexibility index (Phi) is 6.11. The maximum absolute atomic E-state index is 10.6. The minimum atomic E-state index is 0.316. The van der Waals surface area contributed by atoms with Crippen LogP contribution in [0.1, 0.15) is 11.1 Å². The summed E-state index contributed by atoms with van der Waals surface area (Å²) < 4.78 is 8.29. The molecule has 48 heavy (non-hydrogen) atoms. The van der Waals surface area contributed by atoms with E-state index < -0.39 is 0 Å². The van der Waals surface area contributed by atoms with Crippen LogP contribution < -0.4 is 0 Å². The third kappa shape index (κ3) is 4.16. The van der Waals surface area contributed by atoms with Gasteiger partial charge in [-0.2, -0.15) is 10.5 Å². The number of para-hydroxylation sites is 2. The van der Waals surface area contributed by atoms with Gasteiger partial charge in [-0.25, -0.2) is 15.0 Å². The van der Waals surface area contributed by atoms with Crippen molar-refractivity contribution < 1.29 is 4.42 Å². The largest absolute Gasteiger partial charge is 0.456 e. The van der Waals surface area contributed by atoms with Gasteiger partial charge < -0.3 is 8.98 Å². The zero-order chi connectivity index (χ0) is 32.2. The zero-order valence-corrected chi connectivity index (χ0v) is 25.3. The molecule has 9 rings (SSSR count). The molecule has 3 aromatic heterocycles. The number of rotatable bonds is 4. The Morgan fingerprint density at radius 1 is 0.500 bits per heavy atom. The number of benzene rings is 6. The first kappa shape index (κ1) is 27.2. The van der Waals surface area contributed by atoms with Gasteiger partial charge in [0, 0.05) is 38.2 Å². The number of fused-ring (bicyclic) bond motifs is 7. The number of hydrogen-bond donors (Lipinski definition) is 0. The highest BCUT2D eigenvalue weighted by Crippen LogP contribution is 2.42. The molecule has 3 heterocycles. The van der Waals surface area contributed by atoms with Crippen LogP contribution in [0.3, 0.4) is 0 Å². The van der Waals surface area contributed by atoms with Gasteiger partial charge in [-0.1, -0.05) is 97.1 Å². The van der Waals surface area contributed by atoms with Crippen LogP contribution in [0, 0.1) is 22.7 Å². The summed E-state index contributed by atoms with van der Waals surface area (Å²) in [6.45, 7) is 0. The molecule has 0 aliphatic rings. The maximum Gasteiger partial charge on any atom is 0.165 e. The van der Waals surface area contributed by atoms with E-state index in [2.05, 4.69) is 28.8 Å². The molecule has 6 aromatic carbocycles. The first-order valence-electron chi connectivity index (χ1n) is 15.4. The first-order chi connectivity index (χ1) is 23.7. The lowest BCUT2D eigenvalue weighted by Gasteiger charge is -2.14. The van der Waals surface area contributed by atoms with Gasteiger partial charge in [0.25, 0.3) is 0 Å². The van der Waals surface area contributed by atoms with Crippen LogP contribution in [0.2, 0.25) is 0 Å². The molecule has 0 saturated carbocycles. The van der Waals surface area contributed by atoms with E-state index in [-0.39, 0.29) is 0 Å². The Hall–Kier alpha value is -7.09. The van der Waals surface area contributed by atoms with Crippen LogP contribution in [-0.2, 0) is 0 Å². The average Bonchev–Trinajstić information content (AvgIpc) is 3.70. The van der Waals surface area contributed by atoms with Crippen molar-refractivity contribution in [2.75, 3.05) is 0 Å². The van der Waals surface area contributed by atoms with E-state index in [1.165, 1.54) is 0 Å². The maximum atomic E-state index is 10.6. The minimum absolute atomic E-state index is 0.316. The van der Waals surface area contributed by atoms with Crippen molar-refractivity contribution in [1.29, 1.82) is 10.5 Å². The average molecular weight is 615 g/mol. The molecule has 0 N–H and O–H groups in total. The molecule has 0 fully saturated rings. The van der Waals surface area contributed by atoms with Gasteiger partial charge in [0.05, 0.1) is 33.9 Å². The van der Waals surface area contributed by atoms with Crippen LogP contribution in [0.5, 0.6) is 0 Å². The second-order valence-corrected chi connectivity index (χ2v) is 11.5. The Balaban J connectivity index is 1.32.